The Bertz CT molecular complexity index is 708. The maximum Gasteiger partial charge on any atom is 0.213 e. The molecule has 0 saturated carbocycles. The summed E-state index contributed by atoms with van der Waals surface area (Å²) < 4.78 is 17.8. The first-order valence-electron chi connectivity index (χ1n) is 8.10. The van der Waals surface area contributed by atoms with Gasteiger partial charge < -0.3 is 19.5 Å². The normalized spacial score (nSPS) is 19.0. The first kappa shape index (κ1) is 14.5. The summed E-state index contributed by atoms with van der Waals surface area (Å²) in [7, 11) is 1.70. The molecule has 0 atom stereocenters. The summed E-state index contributed by atoms with van der Waals surface area (Å²) in [5.41, 5.74) is 3.30. The number of para-hydroxylation sites is 1. The Hall–Kier alpha value is -2.04. The van der Waals surface area contributed by atoms with Crippen molar-refractivity contribution in [3.63, 3.8) is 0 Å². The highest BCUT2D eigenvalue weighted by Crippen LogP contribution is 2.39. The fourth-order valence-corrected chi connectivity index (χ4v) is 3.34. The largest absolute Gasteiger partial charge is 0.496 e. The lowest BCUT2D eigenvalue weighted by atomic mass is 9.99. The van der Waals surface area contributed by atoms with Gasteiger partial charge in [0.05, 0.1) is 13.7 Å². The van der Waals surface area contributed by atoms with Crippen LogP contribution in [0, 0.1) is 0 Å². The Balaban J connectivity index is 1.65. The number of rotatable bonds is 2. The van der Waals surface area contributed by atoms with E-state index in [1.54, 1.807) is 7.11 Å². The summed E-state index contributed by atoms with van der Waals surface area (Å²) in [6, 6.07) is 14.3. The van der Waals surface area contributed by atoms with Crippen LogP contribution in [0.25, 0.3) is 11.1 Å². The molecule has 0 aliphatic carbocycles. The summed E-state index contributed by atoms with van der Waals surface area (Å²) in [4.78, 5) is 0. The fraction of sp³-hybridized carbons (Fsp3) is 0.368. The van der Waals surface area contributed by atoms with Gasteiger partial charge in [-0.3, -0.25) is 0 Å². The molecule has 1 N–H and O–H groups in total. The van der Waals surface area contributed by atoms with E-state index in [1.165, 1.54) is 0 Å². The Morgan fingerprint density at radius 1 is 1.09 bits per heavy atom. The quantitative estimate of drug-likeness (QED) is 0.923. The van der Waals surface area contributed by atoms with Crippen LogP contribution in [0.4, 0.5) is 0 Å². The van der Waals surface area contributed by atoms with Crippen molar-refractivity contribution in [2.75, 3.05) is 20.2 Å². The van der Waals surface area contributed by atoms with Crippen LogP contribution in [0.15, 0.2) is 42.5 Å². The first-order valence-corrected chi connectivity index (χ1v) is 8.10. The third kappa shape index (κ3) is 2.69. The lowest BCUT2D eigenvalue weighted by Gasteiger charge is -2.41. The predicted octanol–water partition coefficient (Wildman–Crippen LogP) is 3.35. The van der Waals surface area contributed by atoms with Gasteiger partial charge in [-0.2, -0.15) is 0 Å². The van der Waals surface area contributed by atoms with Gasteiger partial charge in [0.15, 0.2) is 0 Å². The Labute approximate surface area is 136 Å². The van der Waals surface area contributed by atoms with Gasteiger partial charge in [0.1, 0.15) is 11.5 Å². The van der Waals surface area contributed by atoms with Crippen molar-refractivity contribution < 1.29 is 14.2 Å². The second kappa shape index (κ2) is 5.87. The monoisotopic (exact) mass is 311 g/mol. The van der Waals surface area contributed by atoms with Gasteiger partial charge in [-0.15, -0.1) is 0 Å². The van der Waals surface area contributed by atoms with Crippen LogP contribution in [0.5, 0.6) is 11.5 Å². The molecule has 0 unspecified atom stereocenters. The highest BCUT2D eigenvalue weighted by Gasteiger charge is 2.38. The Kier molecular flexibility index (Phi) is 3.71. The molecule has 0 aromatic heterocycles. The second-order valence-electron chi connectivity index (χ2n) is 6.07. The van der Waals surface area contributed by atoms with E-state index in [1.807, 2.05) is 18.2 Å². The van der Waals surface area contributed by atoms with Crippen molar-refractivity contribution in [2.45, 2.75) is 25.2 Å². The highest BCUT2D eigenvalue weighted by molar-refractivity contribution is 5.71. The Morgan fingerprint density at radius 3 is 2.74 bits per heavy atom. The average Bonchev–Trinajstić information content (AvgIpc) is 2.62. The molecule has 120 valence electrons. The number of hydrogen-bond donors (Lipinski definition) is 1. The molecule has 4 nitrogen and oxygen atoms in total. The van der Waals surface area contributed by atoms with Crippen molar-refractivity contribution in [1.82, 2.24) is 5.32 Å². The van der Waals surface area contributed by atoms with E-state index in [4.69, 9.17) is 14.2 Å². The van der Waals surface area contributed by atoms with Gasteiger partial charge in [-0.25, -0.2) is 0 Å². The molecular weight excluding hydrogens is 290 g/mol. The van der Waals surface area contributed by atoms with Crippen molar-refractivity contribution in [3.05, 3.63) is 48.0 Å². The molecule has 4 rings (SSSR count). The second-order valence-corrected chi connectivity index (χ2v) is 6.07. The Morgan fingerprint density at radius 2 is 1.91 bits per heavy atom. The summed E-state index contributed by atoms with van der Waals surface area (Å²) in [5, 5.41) is 3.35. The summed E-state index contributed by atoms with van der Waals surface area (Å²) in [5.74, 6) is 1.38. The van der Waals surface area contributed by atoms with Crippen LogP contribution in [0.1, 0.15) is 18.4 Å². The lowest BCUT2D eigenvalue weighted by Crippen LogP contribution is -2.49. The molecule has 2 heterocycles. The molecule has 0 amide bonds. The first-order chi connectivity index (χ1) is 11.3. The predicted molar refractivity (Wildman–Crippen MR) is 88.7 cm³/mol. The molecule has 2 aromatic carbocycles. The van der Waals surface area contributed by atoms with E-state index < -0.39 is 5.79 Å². The molecule has 1 saturated heterocycles. The summed E-state index contributed by atoms with van der Waals surface area (Å²) >= 11 is 0. The maximum absolute atomic E-state index is 6.21. The van der Waals surface area contributed by atoms with Crippen LogP contribution < -0.4 is 14.8 Å². The van der Waals surface area contributed by atoms with Crippen molar-refractivity contribution in [1.29, 1.82) is 0 Å². The highest BCUT2D eigenvalue weighted by atomic mass is 16.7. The van der Waals surface area contributed by atoms with Crippen molar-refractivity contribution in [2.24, 2.45) is 0 Å². The fourth-order valence-electron chi connectivity index (χ4n) is 3.34. The number of fused-ring (bicyclic) bond motifs is 1. The van der Waals surface area contributed by atoms with Gasteiger partial charge in [-0.05, 0) is 23.8 Å². The number of piperidine rings is 1. The van der Waals surface area contributed by atoms with E-state index in [0.29, 0.717) is 6.61 Å². The topological polar surface area (TPSA) is 39.7 Å². The minimum absolute atomic E-state index is 0.440. The molecule has 0 radical (unpaired) electrons. The molecule has 1 fully saturated rings. The molecular formula is C19H21NO3. The molecule has 23 heavy (non-hydrogen) atoms. The number of hydrogen-bond acceptors (Lipinski definition) is 4. The number of benzene rings is 2. The minimum Gasteiger partial charge on any atom is -0.496 e. The minimum atomic E-state index is -0.440. The third-order valence-corrected chi connectivity index (χ3v) is 4.63. The molecule has 4 heteroatoms. The van der Waals surface area contributed by atoms with E-state index in [9.17, 15) is 0 Å². The van der Waals surface area contributed by atoms with Gasteiger partial charge >= 0.3 is 0 Å². The van der Waals surface area contributed by atoms with Gasteiger partial charge in [0.25, 0.3) is 0 Å². The summed E-state index contributed by atoms with van der Waals surface area (Å²) in [6.07, 6.45) is 1.78. The van der Waals surface area contributed by atoms with E-state index >= 15 is 0 Å². The van der Waals surface area contributed by atoms with Crippen LogP contribution in [-0.4, -0.2) is 26.0 Å². The number of nitrogens with one attached hydrogen (secondary N) is 1. The molecule has 1 spiro atoms. The zero-order valence-electron chi connectivity index (χ0n) is 13.3. The standard InChI is InChI=1S/C19H21NO3/c1-21-18-5-3-2-4-16(18)14-6-7-17-15(12-14)13-22-19(23-17)8-10-20-11-9-19/h2-7,12,20H,8-11,13H2,1H3. The molecule has 2 aliphatic rings. The third-order valence-electron chi connectivity index (χ3n) is 4.63. The van der Waals surface area contributed by atoms with Crippen LogP contribution in [0.3, 0.4) is 0 Å². The average molecular weight is 311 g/mol. The van der Waals surface area contributed by atoms with Crippen molar-refractivity contribution in [3.8, 4) is 22.6 Å². The molecule has 2 aliphatic heterocycles. The van der Waals surface area contributed by atoms with E-state index in [2.05, 4.69) is 29.6 Å². The van der Waals surface area contributed by atoms with Crippen LogP contribution in [-0.2, 0) is 11.3 Å². The van der Waals surface area contributed by atoms with Gasteiger partial charge in [0, 0.05) is 37.1 Å². The van der Waals surface area contributed by atoms with Crippen LogP contribution in [0.2, 0.25) is 0 Å². The zero-order chi connectivity index (χ0) is 15.7. The lowest BCUT2D eigenvalue weighted by molar-refractivity contribution is -0.218. The zero-order valence-corrected chi connectivity index (χ0v) is 13.3. The van der Waals surface area contributed by atoms with Gasteiger partial charge in [0.2, 0.25) is 5.79 Å². The molecule has 2 aromatic rings. The smallest absolute Gasteiger partial charge is 0.213 e. The molecule has 0 bridgehead atoms. The SMILES string of the molecule is COc1ccccc1-c1ccc2c(c1)COC1(CCNCC1)O2. The van der Waals surface area contributed by atoms with E-state index in [0.717, 1.165) is 54.1 Å². The van der Waals surface area contributed by atoms with E-state index in [-0.39, 0.29) is 0 Å². The maximum atomic E-state index is 6.21. The number of methoxy groups -OCH3 is 1. The summed E-state index contributed by atoms with van der Waals surface area (Å²) in [6.45, 7) is 2.47. The van der Waals surface area contributed by atoms with Crippen LogP contribution >= 0.6 is 0 Å². The van der Waals surface area contributed by atoms with Gasteiger partial charge in [-0.1, -0.05) is 24.3 Å². The van der Waals surface area contributed by atoms with Crippen molar-refractivity contribution >= 4 is 0 Å². The number of ether oxygens (including phenoxy) is 3.